The number of rotatable bonds is 0. The topological polar surface area (TPSA) is 65.7 Å². The first-order valence-electron chi connectivity index (χ1n) is 4.00. The molecule has 0 saturated carbocycles. The van der Waals surface area contributed by atoms with E-state index in [0.29, 0.717) is 15.9 Å². The maximum absolute atomic E-state index is 11.4. The zero-order chi connectivity index (χ0) is 10.3. The van der Waals surface area contributed by atoms with Gasteiger partial charge in [0.05, 0.1) is 10.9 Å². The highest BCUT2D eigenvalue weighted by atomic mass is 35.5. The van der Waals surface area contributed by atoms with Crippen LogP contribution in [-0.4, -0.2) is 9.97 Å². The fourth-order valence-electron chi connectivity index (χ4n) is 1.46. The molecule has 1 aromatic carbocycles. The van der Waals surface area contributed by atoms with Gasteiger partial charge >= 0.3 is 5.69 Å². The minimum atomic E-state index is -0.524. The van der Waals surface area contributed by atoms with Gasteiger partial charge in [0.25, 0.3) is 5.56 Å². The second-order valence-electron chi connectivity index (χ2n) is 3.05. The van der Waals surface area contributed by atoms with Crippen molar-refractivity contribution in [1.29, 1.82) is 0 Å². The first-order chi connectivity index (χ1) is 6.58. The smallest absolute Gasteiger partial charge is 0.307 e. The van der Waals surface area contributed by atoms with E-state index in [-0.39, 0.29) is 0 Å². The van der Waals surface area contributed by atoms with E-state index in [9.17, 15) is 9.59 Å². The molecule has 0 radical (unpaired) electrons. The predicted molar refractivity (Wildman–Crippen MR) is 54.9 cm³/mol. The van der Waals surface area contributed by atoms with Crippen LogP contribution in [0, 0.1) is 6.92 Å². The molecule has 0 unspecified atom stereocenters. The highest BCUT2D eigenvalue weighted by Crippen LogP contribution is 2.17. The first kappa shape index (κ1) is 9.02. The van der Waals surface area contributed by atoms with Crippen molar-refractivity contribution in [2.24, 2.45) is 0 Å². The van der Waals surface area contributed by atoms with E-state index in [1.807, 2.05) is 0 Å². The van der Waals surface area contributed by atoms with Crippen LogP contribution in [0.3, 0.4) is 0 Å². The van der Waals surface area contributed by atoms with Crippen molar-refractivity contribution in [3.8, 4) is 0 Å². The molecule has 1 heterocycles. The lowest BCUT2D eigenvalue weighted by Crippen LogP contribution is -2.22. The Morgan fingerprint density at radius 2 is 1.93 bits per heavy atom. The number of aromatic nitrogens is 2. The van der Waals surface area contributed by atoms with Crippen molar-refractivity contribution < 1.29 is 0 Å². The number of fused-ring (bicyclic) bond motifs is 1. The summed E-state index contributed by atoms with van der Waals surface area (Å²) < 4.78 is 0. The molecular formula is C9H7ClN2O2. The number of hydrogen-bond acceptors (Lipinski definition) is 2. The molecule has 0 saturated heterocycles. The fraction of sp³-hybridized carbons (Fsp3) is 0.111. The molecule has 4 nitrogen and oxygen atoms in total. The van der Waals surface area contributed by atoms with Gasteiger partial charge in [0.15, 0.2) is 0 Å². The molecular weight excluding hydrogens is 204 g/mol. The Hall–Kier alpha value is -1.55. The lowest BCUT2D eigenvalue weighted by molar-refractivity contribution is 1.08. The van der Waals surface area contributed by atoms with Gasteiger partial charge in [-0.3, -0.25) is 9.78 Å². The van der Waals surface area contributed by atoms with Gasteiger partial charge in [-0.05, 0) is 24.6 Å². The summed E-state index contributed by atoms with van der Waals surface area (Å²) in [6.45, 7) is 1.77. The molecule has 14 heavy (non-hydrogen) atoms. The molecule has 2 aromatic rings. The molecule has 0 atom stereocenters. The molecule has 72 valence electrons. The summed E-state index contributed by atoms with van der Waals surface area (Å²) in [5, 5.41) is 0.963. The van der Waals surface area contributed by atoms with E-state index >= 15 is 0 Å². The largest absolute Gasteiger partial charge is 0.326 e. The fourth-order valence-corrected chi connectivity index (χ4v) is 1.74. The summed E-state index contributed by atoms with van der Waals surface area (Å²) >= 11 is 5.79. The highest BCUT2D eigenvalue weighted by Gasteiger charge is 2.04. The number of H-pyrrole nitrogens is 2. The third-order valence-electron chi connectivity index (χ3n) is 2.00. The average molecular weight is 211 g/mol. The van der Waals surface area contributed by atoms with Crippen molar-refractivity contribution in [3.05, 3.63) is 43.6 Å². The second kappa shape index (κ2) is 2.99. The molecule has 5 heteroatoms. The van der Waals surface area contributed by atoms with Gasteiger partial charge in [-0.25, -0.2) is 4.79 Å². The molecule has 0 fully saturated rings. The highest BCUT2D eigenvalue weighted by molar-refractivity contribution is 6.31. The van der Waals surface area contributed by atoms with Gasteiger partial charge in [0, 0.05) is 5.02 Å². The minimum absolute atomic E-state index is 0.391. The summed E-state index contributed by atoms with van der Waals surface area (Å²) in [5.41, 5.74) is 0.288. The zero-order valence-corrected chi connectivity index (χ0v) is 8.11. The Balaban J connectivity index is 3.10. The Morgan fingerprint density at radius 3 is 2.64 bits per heavy atom. The predicted octanol–water partition coefficient (Wildman–Crippen LogP) is 1.18. The quantitative estimate of drug-likeness (QED) is 0.686. The van der Waals surface area contributed by atoms with Crippen molar-refractivity contribution in [3.63, 3.8) is 0 Å². The Morgan fingerprint density at radius 1 is 1.21 bits per heavy atom. The van der Waals surface area contributed by atoms with E-state index in [4.69, 9.17) is 11.6 Å². The van der Waals surface area contributed by atoms with Crippen LogP contribution in [0.1, 0.15) is 5.56 Å². The van der Waals surface area contributed by atoms with E-state index < -0.39 is 11.2 Å². The zero-order valence-electron chi connectivity index (χ0n) is 7.35. The monoisotopic (exact) mass is 210 g/mol. The third-order valence-corrected chi connectivity index (χ3v) is 2.22. The van der Waals surface area contributed by atoms with E-state index in [2.05, 4.69) is 9.97 Å². The van der Waals surface area contributed by atoms with Crippen molar-refractivity contribution >= 4 is 22.5 Å². The molecule has 1 aromatic heterocycles. The van der Waals surface area contributed by atoms with Crippen molar-refractivity contribution in [2.75, 3.05) is 0 Å². The number of hydrogen-bond donors (Lipinski definition) is 2. The van der Waals surface area contributed by atoms with Crippen LogP contribution < -0.4 is 11.2 Å². The van der Waals surface area contributed by atoms with Crippen LogP contribution in [0.4, 0.5) is 0 Å². The molecule has 0 aliphatic carbocycles. The maximum Gasteiger partial charge on any atom is 0.326 e. The molecule has 0 bridgehead atoms. The first-order valence-corrected chi connectivity index (χ1v) is 4.38. The number of benzene rings is 1. The number of nitrogens with one attached hydrogen (secondary N) is 2. The second-order valence-corrected chi connectivity index (χ2v) is 3.49. The summed E-state index contributed by atoms with van der Waals surface area (Å²) in [7, 11) is 0. The summed E-state index contributed by atoms with van der Waals surface area (Å²) in [6, 6.07) is 3.23. The Labute approximate surface area is 83.5 Å². The summed E-state index contributed by atoms with van der Waals surface area (Å²) in [6.07, 6.45) is 0. The van der Waals surface area contributed by atoms with Crippen LogP contribution >= 0.6 is 11.6 Å². The van der Waals surface area contributed by atoms with Crippen LogP contribution in [0.5, 0.6) is 0 Å². The number of aryl methyl sites for hydroxylation is 1. The van der Waals surface area contributed by atoms with Crippen molar-refractivity contribution in [1.82, 2.24) is 9.97 Å². The van der Waals surface area contributed by atoms with Gasteiger partial charge < -0.3 is 4.98 Å². The normalized spacial score (nSPS) is 10.7. The standard InChI is InChI=1S/C9H7ClN2O2/c1-4-2-5(10)3-6-7(4)8(13)12-9(14)11-6/h2-3H,1H3,(H2,11,12,13,14). The summed E-state index contributed by atoms with van der Waals surface area (Å²) in [5.74, 6) is 0. The van der Waals surface area contributed by atoms with Crippen LogP contribution in [0.2, 0.25) is 5.02 Å². The van der Waals surface area contributed by atoms with E-state index in [0.717, 1.165) is 5.56 Å². The molecule has 2 rings (SSSR count). The molecule has 0 spiro atoms. The minimum Gasteiger partial charge on any atom is -0.307 e. The maximum atomic E-state index is 11.4. The molecule has 0 aliphatic heterocycles. The van der Waals surface area contributed by atoms with Crippen LogP contribution in [-0.2, 0) is 0 Å². The van der Waals surface area contributed by atoms with E-state index in [1.54, 1.807) is 19.1 Å². The van der Waals surface area contributed by atoms with Gasteiger partial charge in [-0.1, -0.05) is 11.6 Å². The average Bonchev–Trinajstić information content (AvgIpc) is 1.99. The number of halogens is 1. The molecule has 2 N–H and O–H groups in total. The molecule has 0 amide bonds. The Bertz CT molecular complexity index is 612. The third kappa shape index (κ3) is 1.33. The van der Waals surface area contributed by atoms with Gasteiger partial charge in [0.1, 0.15) is 0 Å². The molecule has 0 aliphatic rings. The van der Waals surface area contributed by atoms with Gasteiger partial charge in [0.2, 0.25) is 0 Å². The number of aromatic amines is 2. The summed E-state index contributed by atoms with van der Waals surface area (Å²) in [4.78, 5) is 27.1. The van der Waals surface area contributed by atoms with E-state index in [1.165, 1.54) is 0 Å². The van der Waals surface area contributed by atoms with Gasteiger partial charge in [-0.2, -0.15) is 0 Å². The van der Waals surface area contributed by atoms with Crippen LogP contribution in [0.25, 0.3) is 10.9 Å². The van der Waals surface area contributed by atoms with Crippen LogP contribution in [0.15, 0.2) is 21.7 Å². The van der Waals surface area contributed by atoms with Crippen molar-refractivity contribution in [2.45, 2.75) is 6.92 Å². The Kier molecular flexibility index (Phi) is 1.93. The van der Waals surface area contributed by atoms with Gasteiger partial charge in [-0.15, -0.1) is 0 Å². The lowest BCUT2D eigenvalue weighted by Gasteiger charge is -2.00. The lowest BCUT2D eigenvalue weighted by atomic mass is 10.1. The SMILES string of the molecule is Cc1cc(Cl)cc2[nH]c(=O)[nH]c(=O)c12.